The zero-order chi connectivity index (χ0) is 12.0. The van der Waals surface area contributed by atoms with E-state index in [0.717, 1.165) is 17.7 Å². The molecule has 4 heteroatoms. The van der Waals surface area contributed by atoms with E-state index in [0.29, 0.717) is 0 Å². The number of carboxylic acid groups (broad SMARTS) is 1. The molecule has 84 valence electrons. The Kier molecular flexibility index (Phi) is 4.27. The molecular weight excluding hydrogens is 206 g/mol. The predicted octanol–water partition coefficient (Wildman–Crippen LogP) is 1.50. The molecule has 0 radical (unpaired) electrons. The summed E-state index contributed by atoms with van der Waals surface area (Å²) in [6.07, 6.45) is 1.81. The molecule has 1 atom stereocenters. The van der Waals surface area contributed by atoms with Gasteiger partial charge in [0, 0.05) is 12.2 Å². The van der Waals surface area contributed by atoms with Crippen molar-refractivity contribution >= 4 is 11.9 Å². The average Bonchev–Trinajstić information content (AvgIpc) is 2.27. The highest BCUT2D eigenvalue weighted by atomic mass is 16.4. The topological polar surface area (TPSA) is 66.4 Å². The van der Waals surface area contributed by atoms with Crippen LogP contribution in [0.15, 0.2) is 42.5 Å². The van der Waals surface area contributed by atoms with Gasteiger partial charge in [-0.25, -0.2) is 4.79 Å². The molecule has 1 aromatic rings. The van der Waals surface area contributed by atoms with Gasteiger partial charge < -0.3 is 10.4 Å². The van der Waals surface area contributed by atoms with Gasteiger partial charge >= 0.3 is 5.97 Å². The summed E-state index contributed by atoms with van der Waals surface area (Å²) in [6, 6.07) is 9.29. The van der Waals surface area contributed by atoms with E-state index in [9.17, 15) is 9.59 Å². The molecule has 0 aliphatic carbocycles. The van der Waals surface area contributed by atoms with Crippen LogP contribution in [-0.2, 0) is 9.59 Å². The zero-order valence-corrected chi connectivity index (χ0v) is 8.88. The number of hydrogen-bond acceptors (Lipinski definition) is 2. The summed E-state index contributed by atoms with van der Waals surface area (Å²) in [7, 11) is 0. The van der Waals surface area contributed by atoms with Crippen molar-refractivity contribution in [1.29, 1.82) is 0 Å². The fourth-order valence-corrected chi connectivity index (χ4v) is 1.23. The molecule has 16 heavy (non-hydrogen) atoms. The number of carbonyl (C=O) groups is 2. The van der Waals surface area contributed by atoms with E-state index in [4.69, 9.17) is 5.11 Å². The third kappa shape index (κ3) is 3.96. The van der Waals surface area contributed by atoms with Crippen LogP contribution in [0.3, 0.4) is 0 Å². The van der Waals surface area contributed by atoms with Crippen LogP contribution < -0.4 is 5.32 Å². The zero-order valence-electron chi connectivity index (χ0n) is 8.88. The number of hydrogen-bond donors (Lipinski definition) is 2. The SMILES string of the molecule is C[C@H](NC(=O)/C=C/C(=O)O)c1ccccc1. The van der Waals surface area contributed by atoms with Crippen molar-refractivity contribution in [3.8, 4) is 0 Å². The van der Waals surface area contributed by atoms with Gasteiger partial charge in [0.25, 0.3) is 0 Å². The Morgan fingerprint density at radius 2 is 1.88 bits per heavy atom. The van der Waals surface area contributed by atoms with E-state index in [1.54, 1.807) is 0 Å². The normalized spacial score (nSPS) is 12.3. The lowest BCUT2D eigenvalue weighted by Gasteiger charge is -2.12. The van der Waals surface area contributed by atoms with E-state index < -0.39 is 11.9 Å². The fraction of sp³-hybridized carbons (Fsp3) is 0.167. The van der Waals surface area contributed by atoms with Gasteiger partial charge in [-0.1, -0.05) is 30.3 Å². The Morgan fingerprint density at radius 3 is 2.44 bits per heavy atom. The molecule has 0 unspecified atom stereocenters. The second kappa shape index (κ2) is 5.70. The quantitative estimate of drug-likeness (QED) is 0.754. The van der Waals surface area contributed by atoms with Gasteiger partial charge in [-0.15, -0.1) is 0 Å². The third-order valence-electron chi connectivity index (χ3n) is 2.04. The standard InChI is InChI=1S/C12H13NO3/c1-9(10-5-3-2-4-6-10)13-11(14)7-8-12(15)16/h2-9H,1H3,(H,13,14)(H,15,16)/b8-7+/t9-/m0/s1. The number of benzene rings is 1. The first-order valence-electron chi connectivity index (χ1n) is 4.86. The van der Waals surface area contributed by atoms with E-state index in [-0.39, 0.29) is 6.04 Å². The summed E-state index contributed by atoms with van der Waals surface area (Å²) < 4.78 is 0. The van der Waals surface area contributed by atoms with Crippen molar-refractivity contribution < 1.29 is 14.7 Å². The molecule has 0 heterocycles. The summed E-state index contributed by atoms with van der Waals surface area (Å²) >= 11 is 0. The van der Waals surface area contributed by atoms with Gasteiger partial charge in [-0.05, 0) is 12.5 Å². The molecule has 1 amide bonds. The molecule has 0 bridgehead atoms. The summed E-state index contributed by atoms with van der Waals surface area (Å²) in [4.78, 5) is 21.5. The summed E-state index contributed by atoms with van der Waals surface area (Å²) in [6.45, 7) is 1.84. The molecule has 0 aliphatic heterocycles. The minimum atomic E-state index is -1.14. The van der Waals surface area contributed by atoms with Crippen LogP contribution in [0.1, 0.15) is 18.5 Å². The second-order valence-electron chi connectivity index (χ2n) is 3.31. The van der Waals surface area contributed by atoms with E-state index in [1.807, 2.05) is 37.3 Å². The largest absolute Gasteiger partial charge is 0.478 e. The molecule has 4 nitrogen and oxygen atoms in total. The van der Waals surface area contributed by atoms with Gasteiger partial charge in [0.2, 0.25) is 5.91 Å². The molecular formula is C12H13NO3. The number of nitrogens with one attached hydrogen (secondary N) is 1. The van der Waals surface area contributed by atoms with Gasteiger partial charge in [0.05, 0.1) is 6.04 Å². The van der Waals surface area contributed by atoms with Crippen LogP contribution in [0, 0.1) is 0 Å². The molecule has 0 fully saturated rings. The maximum Gasteiger partial charge on any atom is 0.328 e. The first kappa shape index (κ1) is 12.0. The molecule has 0 aromatic heterocycles. The van der Waals surface area contributed by atoms with Crippen LogP contribution in [0.4, 0.5) is 0 Å². The number of carbonyl (C=O) groups excluding carboxylic acids is 1. The Hall–Kier alpha value is -2.10. The summed E-state index contributed by atoms with van der Waals surface area (Å²) in [5.74, 6) is -1.55. The first-order valence-corrected chi connectivity index (χ1v) is 4.86. The van der Waals surface area contributed by atoms with Crippen LogP contribution >= 0.6 is 0 Å². The van der Waals surface area contributed by atoms with E-state index in [1.165, 1.54) is 0 Å². The maximum atomic E-state index is 11.3. The molecule has 1 rings (SSSR count). The number of carboxylic acids is 1. The molecule has 0 saturated carbocycles. The van der Waals surface area contributed by atoms with Crippen LogP contribution in [0.2, 0.25) is 0 Å². The van der Waals surface area contributed by atoms with Crippen molar-refractivity contribution in [3.05, 3.63) is 48.0 Å². The number of amides is 1. The lowest BCUT2D eigenvalue weighted by molar-refractivity contribution is -0.131. The van der Waals surface area contributed by atoms with Crippen molar-refractivity contribution in [1.82, 2.24) is 5.32 Å². The van der Waals surface area contributed by atoms with Crippen molar-refractivity contribution in [2.75, 3.05) is 0 Å². The highest BCUT2D eigenvalue weighted by Crippen LogP contribution is 2.10. The van der Waals surface area contributed by atoms with Gasteiger partial charge in [-0.3, -0.25) is 4.79 Å². The van der Waals surface area contributed by atoms with Gasteiger partial charge in [0.15, 0.2) is 0 Å². The minimum Gasteiger partial charge on any atom is -0.478 e. The van der Waals surface area contributed by atoms with Crippen LogP contribution in [-0.4, -0.2) is 17.0 Å². The highest BCUT2D eigenvalue weighted by molar-refractivity contribution is 5.94. The van der Waals surface area contributed by atoms with Crippen molar-refractivity contribution in [3.63, 3.8) is 0 Å². The maximum absolute atomic E-state index is 11.3. The molecule has 0 saturated heterocycles. The summed E-state index contributed by atoms with van der Waals surface area (Å²) in [5, 5.41) is 11.0. The van der Waals surface area contributed by atoms with Gasteiger partial charge in [-0.2, -0.15) is 0 Å². The Labute approximate surface area is 93.6 Å². The average molecular weight is 219 g/mol. The molecule has 1 aromatic carbocycles. The monoisotopic (exact) mass is 219 g/mol. The fourth-order valence-electron chi connectivity index (χ4n) is 1.23. The van der Waals surface area contributed by atoms with Gasteiger partial charge in [0.1, 0.15) is 0 Å². The molecule has 2 N–H and O–H groups in total. The lowest BCUT2D eigenvalue weighted by Crippen LogP contribution is -2.24. The smallest absolute Gasteiger partial charge is 0.328 e. The Balaban J connectivity index is 2.55. The second-order valence-corrected chi connectivity index (χ2v) is 3.31. The van der Waals surface area contributed by atoms with E-state index >= 15 is 0 Å². The lowest BCUT2D eigenvalue weighted by atomic mass is 10.1. The first-order chi connectivity index (χ1) is 7.59. The molecule has 0 aliphatic rings. The van der Waals surface area contributed by atoms with Crippen molar-refractivity contribution in [2.24, 2.45) is 0 Å². The summed E-state index contributed by atoms with van der Waals surface area (Å²) in [5.41, 5.74) is 0.972. The Bertz CT molecular complexity index is 398. The van der Waals surface area contributed by atoms with E-state index in [2.05, 4.69) is 5.32 Å². The predicted molar refractivity (Wildman–Crippen MR) is 59.8 cm³/mol. The van der Waals surface area contributed by atoms with Crippen molar-refractivity contribution in [2.45, 2.75) is 13.0 Å². The number of rotatable bonds is 4. The Morgan fingerprint density at radius 1 is 1.25 bits per heavy atom. The minimum absolute atomic E-state index is 0.146. The third-order valence-corrected chi connectivity index (χ3v) is 2.04. The van der Waals surface area contributed by atoms with Crippen LogP contribution in [0.25, 0.3) is 0 Å². The highest BCUT2D eigenvalue weighted by Gasteiger charge is 2.06. The number of aliphatic carboxylic acids is 1. The molecule has 0 spiro atoms. The van der Waals surface area contributed by atoms with Crippen LogP contribution in [0.5, 0.6) is 0 Å².